The minimum absolute atomic E-state index is 0.302. The number of carbonyl (C=O) groups is 2. The standard InChI is InChI=1S/C34H28N6O4/c1-43-31-19-15-29(16-20-31)39-37-27-11-7-25(8-12-27)35-33(41)23-3-5-24(6-4-23)34(42)36-26-9-13-28(14-10-26)38-40-30-17-21-32(44-2)22-18-30/h3-22H,1-2H3,(H,35,41)(H,36,42). The Morgan fingerprint density at radius 3 is 0.977 bits per heavy atom. The fraction of sp³-hybridized carbons (Fsp3) is 0.0588. The molecule has 2 amide bonds. The van der Waals surface area contributed by atoms with Crippen LogP contribution in [0, 0.1) is 0 Å². The average molecular weight is 585 g/mol. The van der Waals surface area contributed by atoms with Crippen LogP contribution in [0.2, 0.25) is 0 Å². The maximum atomic E-state index is 12.8. The third-order valence-electron chi connectivity index (χ3n) is 6.37. The van der Waals surface area contributed by atoms with Crippen LogP contribution in [0.1, 0.15) is 20.7 Å². The number of nitrogens with zero attached hydrogens (tertiary/aromatic N) is 4. The van der Waals surface area contributed by atoms with E-state index in [1.165, 1.54) is 0 Å². The van der Waals surface area contributed by atoms with Crippen LogP contribution in [-0.2, 0) is 0 Å². The normalized spacial score (nSPS) is 11.0. The van der Waals surface area contributed by atoms with Crippen LogP contribution in [-0.4, -0.2) is 26.0 Å². The fourth-order valence-corrected chi connectivity index (χ4v) is 3.93. The Bertz CT molecular complexity index is 1630. The summed E-state index contributed by atoms with van der Waals surface area (Å²) >= 11 is 0. The zero-order chi connectivity index (χ0) is 30.7. The van der Waals surface area contributed by atoms with Gasteiger partial charge in [0.05, 0.1) is 37.0 Å². The highest BCUT2D eigenvalue weighted by Crippen LogP contribution is 2.24. The molecule has 0 atom stereocenters. The molecule has 0 saturated heterocycles. The van der Waals surface area contributed by atoms with E-state index in [4.69, 9.17) is 9.47 Å². The van der Waals surface area contributed by atoms with Crippen molar-refractivity contribution in [2.45, 2.75) is 0 Å². The Morgan fingerprint density at radius 2 is 0.705 bits per heavy atom. The van der Waals surface area contributed by atoms with Crippen LogP contribution in [0.15, 0.2) is 142 Å². The number of hydrogen-bond acceptors (Lipinski definition) is 8. The molecule has 0 saturated carbocycles. The molecule has 5 aromatic carbocycles. The van der Waals surface area contributed by atoms with Crippen molar-refractivity contribution in [1.29, 1.82) is 0 Å². The average Bonchev–Trinajstić information content (AvgIpc) is 3.08. The van der Waals surface area contributed by atoms with Crippen LogP contribution in [0.5, 0.6) is 11.5 Å². The van der Waals surface area contributed by atoms with Gasteiger partial charge in [0, 0.05) is 22.5 Å². The molecule has 0 fully saturated rings. The molecule has 0 aliphatic carbocycles. The molecule has 10 heteroatoms. The van der Waals surface area contributed by atoms with Gasteiger partial charge in [-0.25, -0.2) is 0 Å². The summed E-state index contributed by atoms with van der Waals surface area (Å²) in [4.78, 5) is 25.5. The van der Waals surface area contributed by atoms with E-state index in [0.29, 0.717) is 45.3 Å². The quantitative estimate of drug-likeness (QED) is 0.159. The van der Waals surface area contributed by atoms with Gasteiger partial charge in [-0.15, -0.1) is 0 Å². The second-order valence-electron chi connectivity index (χ2n) is 9.38. The summed E-state index contributed by atoms with van der Waals surface area (Å²) in [6.07, 6.45) is 0. The lowest BCUT2D eigenvalue weighted by Crippen LogP contribution is -2.14. The van der Waals surface area contributed by atoms with Crippen LogP contribution in [0.3, 0.4) is 0 Å². The van der Waals surface area contributed by atoms with Gasteiger partial charge in [0.25, 0.3) is 11.8 Å². The monoisotopic (exact) mass is 584 g/mol. The maximum Gasteiger partial charge on any atom is 0.255 e. The Hall–Kier alpha value is -6.16. The molecule has 0 aliphatic heterocycles. The number of carbonyl (C=O) groups excluding carboxylic acids is 2. The minimum Gasteiger partial charge on any atom is -0.497 e. The van der Waals surface area contributed by atoms with Crippen LogP contribution in [0.4, 0.5) is 34.1 Å². The van der Waals surface area contributed by atoms with Crippen molar-refractivity contribution in [1.82, 2.24) is 0 Å². The topological polar surface area (TPSA) is 126 Å². The molecule has 0 bridgehead atoms. The predicted octanol–water partition coefficient (Wildman–Crippen LogP) is 9.04. The largest absolute Gasteiger partial charge is 0.497 e. The van der Waals surface area contributed by atoms with Gasteiger partial charge in [0.2, 0.25) is 0 Å². The number of ether oxygens (including phenoxy) is 2. The van der Waals surface area contributed by atoms with Gasteiger partial charge in [-0.2, -0.15) is 20.5 Å². The molecule has 0 aromatic heterocycles. The molecule has 5 aromatic rings. The van der Waals surface area contributed by atoms with Gasteiger partial charge in [0.1, 0.15) is 11.5 Å². The number of methoxy groups -OCH3 is 2. The smallest absolute Gasteiger partial charge is 0.255 e. The highest BCUT2D eigenvalue weighted by Gasteiger charge is 2.10. The molecule has 5 rings (SSSR count). The van der Waals surface area contributed by atoms with Crippen molar-refractivity contribution in [3.05, 3.63) is 132 Å². The highest BCUT2D eigenvalue weighted by molar-refractivity contribution is 6.07. The Kier molecular flexibility index (Phi) is 9.43. The number of azo groups is 2. The lowest BCUT2D eigenvalue weighted by molar-refractivity contribution is 0.101. The number of benzene rings is 5. The summed E-state index contributed by atoms with van der Waals surface area (Å²) in [7, 11) is 3.21. The molecule has 2 N–H and O–H groups in total. The Balaban J connectivity index is 1.12. The summed E-state index contributed by atoms with van der Waals surface area (Å²) in [5, 5.41) is 22.5. The molecule has 218 valence electrons. The van der Waals surface area contributed by atoms with Gasteiger partial charge in [-0.1, -0.05) is 0 Å². The highest BCUT2D eigenvalue weighted by atomic mass is 16.5. The summed E-state index contributed by atoms with van der Waals surface area (Å²) < 4.78 is 10.3. The summed E-state index contributed by atoms with van der Waals surface area (Å²) in [5.74, 6) is 0.887. The number of nitrogens with one attached hydrogen (secondary N) is 2. The van der Waals surface area contributed by atoms with Crippen LogP contribution < -0.4 is 20.1 Å². The van der Waals surface area contributed by atoms with E-state index >= 15 is 0 Å². The first-order chi connectivity index (χ1) is 21.5. The zero-order valence-corrected chi connectivity index (χ0v) is 24.0. The van der Waals surface area contributed by atoms with Gasteiger partial charge < -0.3 is 20.1 Å². The first kappa shape index (κ1) is 29.3. The summed E-state index contributed by atoms with van der Waals surface area (Å²) in [6, 6.07) is 34.9. The first-order valence-corrected chi connectivity index (χ1v) is 13.5. The van der Waals surface area contributed by atoms with E-state index < -0.39 is 0 Å². The summed E-state index contributed by atoms with van der Waals surface area (Å²) in [6.45, 7) is 0. The second-order valence-corrected chi connectivity index (χ2v) is 9.38. The molecule has 10 nitrogen and oxygen atoms in total. The molecule has 0 spiro atoms. The van der Waals surface area contributed by atoms with Crippen LogP contribution >= 0.6 is 0 Å². The Labute approximate surface area is 254 Å². The van der Waals surface area contributed by atoms with E-state index in [-0.39, 0.29) is 11.8 Å². The molecular weight excluding hydrogens is 556 g/mol. The molecule has 0 radical (unpaired) electrons. The SMILES string of the molecule is COc1ccc(N=Nc2ccc(NC(=O)c3ccc(C(=O)Nc4ccc(N=Nc5ccc(OC)cc5)cc4)cc3)cc2)cc1. The minimum atomic E-state index is -0.302. The van der Waals surface area contributed by atoms with Crippen molar-refractivity contribution in [2.75, 3.05) is 24.9 Å². The third-order valence-corrected chi connectivity index (χ3v) is 6.37. The van der Waals surface area contributed by atoms with E-state index in [9.17, 15) is 9.59 Å². The van der Waals surface area contributed by atoms with Gasteiger partial charge in [0.15, 0.2) is 0 Å². The van der Waals surface area contributed by atoms with Crippen molar-refractivity contribution >= 4 is 45.9 Å². The van der Waals surface area contributed by atoms with Crippen LogP contribution in [0.25, 0.3) is 0 Å². The lowest BCUT2D eigenvalue weighted by atomic mass is 10.1. The maximum absolute atomic E-state index is 12.8. The molecule has 0 unspecified atom stereocenters. The predicted molar refractivity (Wildman–Crippen MR) is 170 cm³/mol. The number of hydrogen-bond donors (Lipinski definition) is 2. The molecule has 0 aliphatic rings. The number of anilines is 2. The van der Waals surface area contributed by atoms with Gasteiger partial charge in [-0.3, -0.25) is 9.59 Å². The fourth-order valence-electron chi connectivity index (χ4n) is 3.93. The van der Waals surface area contributed by atoms with E-state index in [1.807, 2.05) is 48.5 Å². The first-order valence-electron chi connectivity index (χ1n) is 13.5. The molecular formula is C34H28N6O4. The van der Waals surface area contributed by atoms with E-state index in [0.717, 1.165) is 11.5 Å². The lowest BCUT2D eigenvalue weighted by Gasteiger charge is -2.08. The van der Waals surface area contributed by atoms with E-state index in [2.05, 4.69) is 31.1 Å². The van der Waals surface area contributed by atoms with Crippen molar-refractivity contribution in [3.8, 4) is 11.5 Å². The Morgan fingerprint density at radius 1 is 0.432 bits per heavy atom. The van der Waals surface area contributed by atoms with Gasteiger partial charge in [-0.05, 0) is 121 Å². The number of rotatable bonds is 10. The number of amides is 2. The third kappa shape index (κ3) is 7.98. The van der Waals surface area contributed by atoms with Crippen molar-refractivity contribution in [3.63, 3.8) is 0 Å². The van der Waals surface area contributed by atoms with E-state index in [1.54, 1.807) is 87.0 Å². The van der Waals surface area contributed by atoms with Crippen molar-refractivity contribution < 1.29 is 19.1 Å². The summed E-state index contributed by atoms with van der Waals surface area (Å²) in [5.41, 5.74) is 4.71. The molecule has 0 heterocycles. The van der Waals surface area contributed by atoms with Crippen molar-refractivity contribution in [2.24, 2.45) is 20.5 Å². The second kappa shape index (κ2) is 14.1. The zero-order valence-electron chi connectivity index (χ0n) is 24.0. The molecule has 44 heavy (non-hydrogen) atoms. The van der Waals surface area contributed by atoms with Gasteiger partial charge >= 0.3 is 0 Å².